The number of nitrogens with one attached hydrogen (secondary N) is 3. The summed E-state index contributed by atoms with van der Waals surface area (Å²) in [6.07, 6.45) is 0.288. The van der Waals surface area contributed by atoms with Crippen molar-refractivity contribution in [2.24, 2.45) is 0 Å². The minimum absolute atomic E-state index is 0.288. The molecule has 3 N–H and O–H groups in total. The lowest BCUT2D eigenvalue weighted by Crippen LogP contribution is -2.60. The van der Waals surface area contributed by atoms with Crippen LogP contribution in [0.1, 0.15) is 27.7 Å². The van der Waals surface area contributed by atoms with Crippen LogP contribution in [0.4, 0.5) is 0 Å². The molecular formula is C11H23N5. The molecule has 2 aliphatic rings. The number of hydrogen-bond acceptors (Lipinski definition) is 3. The van der Waals surface area contributed by atoms with Gasteiger partial charge in [-0.25, -0.2) is 0 Å². The second kappa shape index (κ2) is 4.22. The normalized spacial score (nSPS) is 30.5. The SMILES string of the molecule is CC(C)N1C(=N)N(C(C)C)C2NCNCC21. The van der Waals surface area contributed by atoms with Gasteiger partial charge in [0.15, 0.2) is 5.96 Å². The Kier molecular flexibility index (Phi) is 3.08. The minimum Gasteiger partial charge on any atom is -0.333 e. The second-order valence-electron chi connectivity index (χ2n) is 5.17. The Hall–Kier alpha value is -0.810. The molecule has 2 saturated heterocycles. The molecule has 16 heavy (non-hydrogen) atoms. The first-order valence-corrected chi connectivity index (χ1v) is 6.13. The van der Waals surface area contributed by atoms with Gasteiger partial charge in [-0.3, -0.25) is 10.7 Å². The Labute approximate surface area is 97.7 Å². The summed E-state index contributed by atoms with van der Waals surface area (Å²) < 4.78 is 0. The summed E-state index contributed by atoms with van der Waals surface area (Å²) in [4.78, 5) is 4.40. The average molecular weight is 225 g/mol. The summed E-state index contributed by atoms with van der Waals surface area (Å²) in [5, 5.41) is 15.1. The lowest BCUT2D eigenvalue weighted by Gasteiger charge is -2.35. The van der Waals surface area contributed by atoms with Crippen LogP contribution in [0.15, 0.2) is 0 Å². The van der Waals surface area contributed by atoms with E-state index < -0.39 is 0 Å². The van der Waals surface area contributed by atoms with E-state index in [2.05, 4.69) is 48.1 Å². The molecule has 2 heterocycles. The molecule has 0 bridgehead atoms. The summed E-state index contributed by atoms with van der Waals surface area (Å²) in [6, 6.07) is 1.13. The zero-order valence-electron chi connectivity index (χ0n) is 10.6. The topological polar surface area (TPSA) is 54.4 Å². The van der Waals surface area contributed by atoms with E-state index in [-0.39, 0.29) is 6.17 Å². The largest absolute Gasteiger partial charge is 0.333 e. The second-order valence-corrected chi connectivity index (χ2v) is 5.17. The molecule has 92 valence electrons. The third kappa shape index (κ3) is 1.68. The number of hydrogen-bond donors (Lipinski definition) is 3. The van der Waals surface area contributed by atoms with E-state index >= 15 is 0 Å². The number of fused-ring (bicyclic) bond motifs is 1. The van der Waals surface area contributed by atoms with E-state index in [1.54, 1.807) is 0 Å². The predicted molar refractivity (Wildman–Crippen MR) is 65.3 cm³/mol. The maximum Gasteiger partial charge on any atom is 0.195 e. The maximum absolute atomic E-state index is 8.30. The fourth-order valence-electron chi connectivity index (χ4n) is 2.79. The Morgan fingerprint density at radius 3 is 2.38 bits per heavy atom. The monoisotopic (exact) mass is 225 g/mol. The smallest absolute Gasteiger partial charge is 0.195 e. The molecule has 0 saturated carbocycles. The van der Waals surface area contributed by atoms with Gasteiger partial charge in [-0.2, -0.15) is 0 Å². The molecule has 2 atom stereocenters. The van der Waals surface area contributed by atoms with E-state index in [0.29, 0.717) is 24.1 Å². The molecule has 5 nitrogen and oxygen atoms in total. The van der Waals surface area contributed by atoms with Crippen molar-refractivity contribution in [3.63, 3.8) is 0 Å². The van der Waals surface area contributed by atoms with Crippen LogP contribution in [-0.4, -0.2) is 53.3 Å². The van der Waals surface area contributed by atoms with Crippen LogP contribution in [-0.2, 0) is 0 Å². The lowest BCUT2D eigenvalue weighted by atomic mass is 10.1. The van der Waals surface area contributed by atoms with Crippen molar-refractivity contribution in [2.75, 3.05) is 13.2 Å². The summed E-state index contributed by atoms with van der Waals surface area (Å²) in [6.45, 7) is 10.4. The molecule has 0 aliphatic carbocycles. The molecule has 0 aromatic heterocycles. The van der Waals surface area contributed by atoms with E-state index in [1.165, 1.54) is 0 Å². The highest BCUT2D eigenvalue weighted by Crippen LogP contribution is 2.26. The van der Waals surface area contributed by atoms with Gasteiger partial charge < -0.3 is 15.1 Å². The van der Waals surface area contributed by atoms with E-state index in [9.17, 15) is 0 Å². The van der Waals surface area contributed by atoms with Crippen molar-refractivity contribution < 1.29 is 0 Å². The summed E-state index contributed by atoms with van der Waals surface area (Å²) in [5.74, 6) is 0.663. The van der Waals surface area contributed by atoms with Gasteiger partial charge in [0.05, 0.1) is 6.04 Å². The van der Waals surface area contributed by atoms with Gasteiger partial charge in [0.25, 0.3) is 0 Å². The third-order valence-electron chi connectivity index (χ3n) is 3.41. The molecule has 0 spiro atoms. The van der Waals surface area contributed by atoms with Gasteiger partial charge in [-0.05, 0) is 27.7 Å². The van der Waals surface area contributed by atoms with Crippen LogP contribution in [0.2, 0.25) is 0 Å². The highest BCUT2D eigenvalue weighted by atomic mass is 15.5. The number of guanidine groups is 1. The van der Waals surface area contributed by atoms with E-state index in [0.717, 1.165) is 13.2 Å². The van der Waals surface area contributed by atoms with Crippen LogP contribution in [0, 0.1) is 5.41 Å². The molecule has 0 aromatic carbocycles. The zero-order chi connectivity index (χ0) is 11.9. The minimum atomic E-state index is 0.288. The van der Waals surface area contributed by atoms with Crippen molar-refractivity contribution in [1.82, 2.24) is 20.4 Å². The van der Waals surface area contributed by atoms with Crippen molar-refractivity contribution in [2.45, 2.75) is 52.0 Å². The van der Waals surface area contributed by atoms with Gasteiger partial charge in [-0.1, -0.05) is 0 Å². The van der Waals surface area contributed by atoms with Crippen LogP contribution < -0.4 is 10.6 Å². The predicted octanol–water partition coefficient (Wildman–Crippen LogP) is 0.201. The van der Waals surface area contributed by atoms with Crippen LogP contribution in [0.3, 0.4) is 0 Å². The summed E-state index contributed by atoms with van der Waals surface area (Å²) in [5.41, 5.74) is 0. The molecule has 5 heteroatoms. The molecule has 2 fully saturated rings. The third-order valence-corrected chi connectivity index (χ3v) is 3.41. The molecule has 0 aromatic rings. The molecule has 0 radical (unpaired) electrons. The van der Waals surface area contributed by atoms with Gasteiger partial charge in [0.2, 0.25) is 0 Å². The van der Waals surface area contributed by atoms with E-state index in [1.807, 2.05) is 0 Å². The van der Waals surface area contributed by atoms with Crippen LogP contribution >= 0.6 is 0 Å². The van der Waals surface area contributed by atoms with Gasteiger partial charge in [-0.15, -0.1) is 0 Å². The first kappa shape index (κ1) is 11.7. The van der Waals surface area contributed by atoms with Crippen LogP contribution in [0.5, 0.6) is 0 Å². The van der Waals surface area contributed by atoms with Gasteiger partial charge >= 0.3 is 0 Å². The first-order valence-electron chi connectivity index (χ1n) is 6.13. The molecule has 2 rings (SSSR count). The highest BCUT2D eigenvalue weighted by molar-refractivity contribution is 5.81. The van der Waals surface area contributed by atoms with Crippen molar-refractivity contribution in [1.29, 1.82) is 5.41 Å². The fraction of sp³-hybridized carbons (Fsp3) is 0.909. The van der Waals surface area contributed by atoms with Crippen LogP contribution in [0.25, 0.3) is 0 Å². The highest BCUT2D eigenvalue weighted by Gasteiger charge is 2.46. The van der Waals surface area contributed by atoms with E-state index in [4.69, 9.17) is 5.41 Å². The Bertz CT molecular complexity index is 250. The van der Waals surface area contributed by atoms with Gasteiger partial charge in [0, 0.05) is 25.3 Å². The standard InChI is InChI=1S/C11H23N5/c1-7(2)15-9-5-13-6-14-10(9)16(8(3)4)11(15)12/h7-10,12-14H,5-6H2,1-4H3. The fourth-order valence-corrected chi connectivity index (χ4v) is 2.79. The summed E-state index contributed by atoms with van der Waals surface area (Å²) >= 11 is 0. The Morgan fingerprint density at radius 1 is 1.19 bits per heavy atom. The number of rotatable bonds is 2. The van der Waals surface area contributed by atoms with Crippen molar-refractivity contribution in [3.8, 4) is 0 Å². The van der Waals surface area contributed by atoms with Crippen molar-refractivity contribution >= 4 is 5.96 Å². The van der Waals surface area contributed by atoms with Gasteiger partial charge in [0.1, 0.15) is 6.17 Å². The molecule has 2 unspecified atom stereocenters. The van der Waals surface area contributed by atoms with Crippen molar-refractivity contribution in [3.05, 3.63) is 0 Å². The quantitative estimate of drug-likeness (QED) is 0.628. The molecule has 0 amide bonds. The Balaban J connectivity index is 2.26. The molecule has 2 aliphatic heterocycles. The maximum atomic E-state index is 8.30. The summed E-state index contributed by atoms with van der Waals surface area (Å²) in [7, 11) is 0. The lowest BCUT2D eigenvalue weighted by molar-refractivity contribution is 0.157. The Morgan fingerprint density at radius 2 is 1.81 bits per heavy atom. The average Bonchev–Trinajstić information content (AvgIpc) is 2.49. The number of nitrogens with zero attached hydrogens (tertiary/aromatic N) is 2. The first-order chi connectivity index (χ1) is 7.54. The molecular weight excluding hydrogens is 202 g/mol. The zero-order valence-corrected chi connectivity index (χ0v) is 10.6.